The van der Waals surface area contributed by atoms with Crippen molar-refractivity contribution in [3.8, 4) is 11.1 Å². The number of hydrogen-bond acceptors (Lipinski definition) is 2. The second kappa shape index (κ2) is 4.17. The largest absolute Gasteiger partial charge is 0.435 e. The van der Waals surface area contributed by atoms with Crippen molar-refractivity contribution in [2.45, 2.75) is 6.18 Å². The molecule has 2 rings (SSSR count). The highest BCUT2D eigenvalue weighted by Crippen LogP contribution is 2.37. The van der Waals surface area contributed by atoms with Crippen LogP contribution in [0.15, 0.2) is 30.3 Å². The van der Waals surface area contributed by atoms with Gasteiger partial charge >= 0.3 is 6.18 Å². The fourth-order valence-electron chi connectivity index (χ4n) is 1.61. The lowest BCUT2D eigenvalue weighted by atomic mass is 10.0. The molecule has 18 heavy (non-hydrogen) atoms. The van der Waals surface area contributed by atoms with Crippen LogP contribution in [0.4, 0.5) is 13.2 Å². The Kier molecular flexibility index (Phi) is 2.82. The number of nitrogens with one attached hydrogen (secondary N) is 1. The lowest BCUT2D eigenvalue weighted by Crippen LogP contribution is -2.13. The Morgan fingerprint density at radius 3 is 2.33 bits per heavy atom. The predicted molar refractivity (Wildman–Crippen MR) is 57.5 cm³/mol. The molecule has 0 aliphatic rings. The van der Waals surface area contributed by atoms with Gasteiger partial charge in [-0.1, -0.05) is 30.3 Å². The minimum atomic E-state index is -4.66. The van der Waals surface area contributed by atoms with Crippen molar-refractivity contribution >= 4 is 5.91 Å². The van der Waals surface area contributed by atoms with Crippen LogP contribution in [-0.2, 0) is 6.18 Å². The van der Waals surface area contributed by atoms with Crippen LogP contribution >= 0.6 is 0 Å². The van der Waals surface area contributed by atoms with Crippen LogP contribution in [0, 0.1) is 0 Å². The Morgan fingerprint density at radius 2 is 1.83 bits per heavy atom. The van der Waals surface area contributed by atoms with Gasteiger partial charge in [-0.15, -0.1) is 0 Å². The number of halogens is 3. The van der Waals surface area contributed by atoms with E-state index in [9.17, 15) is 18.0 Å². The highest BCUT2D eigenvalue weighted by molar-refractivity contribution is 5.98. The van der Waals surface area contributed by atoms with E-state index in [2.05, 4.69) is 5.10 Å². The van der Waals surface area contributed by atoms with Gasteiger partial charge in [-0.3, -0.25) is 9.89 Å². The molecule has 4 nitrogen and oxygen atoms in total. The molecule has 0 radical (unpaired) electrons. The summed E-state index contributed by atoms with van der Waals surface area (Å²) < 4.78 is 38.3. The normalized spacial score (nSPS) is 11.5. The summed E-state index contributed by atoms with van der Waals surface area (Å²) in [5, 5.41) is 5.17. The summed E-state index contributed by atoms with van der Waals surface area (Å²) in [6.45, 7) is 0. The highest BCUT2D eigenvalue weighted by Gasteiger charge is 2.39. The number of carbonyl (C=O) groups excluding carboxylic acids is 1. The van der Waals surface area contributed by atoms with Crippen LogP contribution in [0.5, 0.6) is 0 Å². The molecule has 94 valence electrons. The summed E-state index contributed by atoms with van der Waals surface area (Å²) in [6.07, 6.45) is -4.66. The van der Waals surface area contributed by atoms with Crippen LogP contribution in [0.2, 0.25) is 0 Å². The summed E-state index contributed by atoms with van der Waals surface area (Å²) in [4.78, 5) is 11.1. The minimum Gasteiger partial charge on any atom is -0.364 e. The maximum atomic E-state index is 12.8. The summed E-state index contributed by atoms with van der Waals surface area (Å²) in [5.41, 5.74) is 3.43. The second-order valence-corrected chi connectivity index (χ2v) is 3.55. The first kappa shape index (κ1) is 12.2. The molecule has 0 saturated heterocycles. The van der Waals surface area contributed by atoms with Gasteiger partial charge in [0.25, 0.3) is 5.91 Å². The third-order valence-corrected chi connectivity index (χ3v) is 2.34. The van der Waals surface area contributed by atoms with Crippen LogP contribution in [0.3, 0.4) is 0 Å². The number of nitrogens with two attached hydrogens (primary N) is 1. The van der Waals surface area contributed by atoms with Crippen molar-refractivity contribution in [2.24, 2.45) is 5.73 Å². The first-order valence-corrected chi connectivity index (χ1v) is 4.92. The van der Waals surface area contributed by atoms with Gasteiger partial charge in [-0.25, -0.2) is 0 Å². The zero-order chi connectivity index (χ0) is 13.3. The number of nitrogens with zero attached hydrogens (tertiary/aromatic N) is 1. The van der Waals surface area contributed by atoms with E-state index in [4.69, 9.17) is 5.73 Å². The fraction of sp³-hybridized carbons (Fsp3) is 0.0909. The molecule has 0 atom stereocenters. The number of aromatic nitrogens is 2. The minimum absolute atomic E-state index is 0.229. The molecule has 0 fully saturated rings. The molecule has 3 N–H and O–H groups in total. The van der Waals surface area contributed by atoms with Gasteiger partial charge in [-0.2, -0.15) is 18.3 Å². The molecule has 0 aliphatic carbocycles. The number of benzene rings is 1. The molecule has 2 aromatic rings. The standard InChI is InChI=1S/C11H8F3N3O/c12-11(13,14)9-7(6-4-2-1-3-5-6)8(10(15)18)16-17-9/h1-5H,(H2,15,18)(H,16,17). The number of carbonyl (C=O) groups is 1. The van der Waals surface area contributed by atoms with Gasteiger partial charge in [0.2, 0.25) is 0 Å². The Morgan fingerprint density at radius 1 is 1.22 bits per heavy atom. The van der Waals surface area contributed by atoms with Gasteiger partial charge in [0, 0.05) is 5.56 Å². The third kappa shape index (κ3) is 2.06. The van der Waals surface area contributed by atoms with E-state index >= 15 is 0 Å². The maximum absolute atomic E-state index is 12.8. The SMILES string of the molecule is NC(=O)c1[nH]nc(C(F)(F)F)c1-c1ccccc1. The van der Waals surface area contributed by atoms with Crippen molar-refractivity contribution in [3.63, 3.8) is 0 Å². The number of hydrogen-bond donors (Lipinski definition) is 2. The molecule has 0 unspecified atom stereocenters. The zero-order valence-electron chi connectivity index (χ0n) is 8.95. The molecule has 1 heterocycles. The van der Waals surface area contributed by atoms with Gasteiger partial charge in [0.05, 0.1) is 0 Å². The van der Waals surface area contributed by atoms with E-state index in [1.807, 2.05) is 5.10 Å². The molecule has 1 aromatic carbocycles. The fourth-order valence-corrected chi connectivity index (χ4v) is 1.61. The quantitative estimate of drug-likeness (QED) is 0.863. The number of rotatable bonds is 2. The molecule has 7 heteroatoms. The highest BCUT2D eigenvalue weighted by atomic mass is 19.4. The average Bonchev–Trinajstić information content (AvgIpc) is 2.74. The van der Waals surface area contributed by atoms with E-state index in [-0.39, 0.29) is 16.8 Å². The maximum Gasteiger partial charge on any atom is 0.435 e. The van der Waals surface area contributed by atoms with E-state index in [1.165, 1.54) is 12.1 Å². The summed E-state index contributed by atoms with van der Waals surface area (Å²) in [7, 11) is 0. The summed E-state index contributed by atoms with van der Waals surface area (Å²) >= 11 is 0. The second-order valence-electron chi connectivity index (χ2n) is 3.55. The lowest BCUT2D eigenvalue weighted by Gasteiger charge is -2.07. The van der Waals surface area contributed by atoms with Crippen molar-refractivity contribution in [2.75, 3.05) is 0 Å². The molecule has 0 spiro atoms. The third-order valence-electron chi connectivity index (χ3n) is 2.34. The van der Waals surface area contributed by atoms with Crippen molar-refractivity contribution in [1.29, 1.82) is 0 Å². The summed E-state index contributed by atoms with van der Waals surface area (Å²) in [6, 6.07) is 7.68. The zero-order valence-corrected chi connectivity index (χ0v) is 8.95. The summed E-state index contributed by atoms with van der Waals surface area (Å²) in [5.74, 6) is -0.989. The Balaban J connectivity index is 2.70. The Hall–Kier alpha value is -2.31. The van der Waals surface area contributed by atoms with Gasteiger partial charge in [0.15, 0.2) is 5.69 Å². The van der Waals surface area contributed by atoms with Gasteiger partial charge in [-0.05, 0) is 5.56 Å². The molecular weight excluding hydrogens is 247 g/mol. The molecule has 1 amide bonds. The molecule has 0 aliphatic heterocycles. The van der Waals surface area contributed by atoms with E-state index in [0.717, 1.165) is 0 Å². The number of H-pyrrole nitrogens is 1. The first-order valence-electron chi connectivity index (χ1n) is 4.92. The average molecular weight is 255 g/mol. The van der Waals surface area contributed by atoms with Gasteiger partial charge in [0.1, 0.15) is 5.69 Å². The van der Waals surface area contributed by atoms with Gasteiger partial charge < -0.3 is 5.73 Å². The lowest BCUT2D eigenvalue weighted by molar-refractivity contribution is -0.140. The molecule has 0 saturated carbocycles. The molecule has 0 bridgehead atoms. The number of aromatic amines is 1. The van der Waals surface area contributed by atoms with E-state index in [1.54, 1.807) is 18.2 Å². The predicted octanol–water partition coefficient (Wildman–Crippen LogP) is 2.19. The first-order chi connectivity index (χ1) is 8.41. The number of alkyl halides is 3. The van der Waals surface area contributed by atoms with Crippen LogP contribution in [0.25, 0.3) is 11.1 Å². The van der Waals surface area contributed by atoms with E-state index < -0.39 is 17.8 Å². The molecular formula is C11H8F3N3O. The topological polar surface area (TPSA) is 71.8 Å². The van der Waals surface area contributed by atoms with Crippen LogP contribution in [-0.4, -0.2) is 16.1 Å². The van der Waals surface area contributed by atoms with Crippen molar-refractivity contribution < 1.29 is 18.0 Å². The number of primary amides is 1. The van der Waals surface area contributed by atoms with Crippen LogP contribution < -0.4 is 5.73 Å². The van der Waals surface area contributed by atoms with Crippen LogP contribution in [0.1, 0.15) is 16.2 Å². The number of amides is 1. The van der Waals surface area contributed by atoms with Crippen molar-refractivity contribution in [1.82, 2.24) is 10.2 Å². The Bertz CT molecular complexity index is 575. The van der Waals surface area contributed by atoms with Crippen molar-refractivity contribution in [3.05, 3.63) is 41.7 Å². The monoisotopic (exact) mass is 255 g/mol. The van der Waals surface area contributed by atoms with E-state index in [0.29, 0.717) is 0 Å². The Labute approximate surface area is 99.6 Å². The smallest absolute Gasteiger partial charge is 0.364 e. The molecule has 1 aromatic heterocycles.